The maximum atomic E-state index is 14.1. The Morgan fingerprint density at radius 3 is 1.16 bits per heavy atom. The van der Waals surface area contributed by atoms with Crippen molar-refractivity contribution in [3.8, 4) is 68.3 Å². The molecule has 2 aliphatic rings. The standard InChI is InChI=1S/C28H33NO5.C27H30FNO5.2C27H29NO5/c1-20(2)29(28(32)23-13-11-22(12-14-23)25-8-7-17-34-25)19-24-18-21(3)10-15-26(24)33-16-6-4-5-9-27(30)31;1-19(2)29(27(32)21-11-9-20(10-12-21)24-7-6-16-34-24)18-22-17-23(28)13-14-25(22)33-15-5-3-4-8-26(30)31;29-26(30)12-2-1-5-18-33-25-10-4-3-8-22(25)23-9-6-17-28(23)27(31)21-15-13-20(14-16-21)24-11-7-19-32-24;29-26(30)12-2-1-5-18-33-25-10-4-3-8-22(25)27(31)28-17-6-9-23(28)20-13-15-21(16-14-20)24-11-7-19-32-24/h7-8,10-15,17-18,20H,4-6,9,16,19H2,1-3H3,(H,30,31);6-7,9-14,16-17,19H,3-5,8,15,18H2,1-2H3,(H,30,31);2*3-4,7-8,10-11,13-16,19,23H,1-2,5-6,9,12,17-18H2,(H,29,30)/i19D;18D;2*23D. The molecular weight excluding hydrogens is 1700 g/mol. The van der Waals surface area contributed by atoms with Gasteiger partial charge in [0.05, 0.1) is 74.6 Å². The summed E-state index contributed by atoms with van der Waals surface area (Å²) < 4.78 is 95.9. The minimum atomic E-state index is -1.21. The highest BCUT2D eigenvalue weighted by Crippen LogP contribution is 2.40. The molecule has 4 N–H and O–H groups in total. The molecule has 2 aliphatic heterocycles. The van der Waals surface area contributed by atoms with Crippen LogP contribution in [-0.4, -0.2) is 139 Å². The lowest BCUT2D eigenvalue weighted by Crippen LogP contribution is -2.36. The summed E-state index contributed by atoms with van der Waals surface area (Å²) in [6, 6.07) is 65.0. The van der Waals surface area contributed by atoms with E-state index in [9.17, 15) is 45.5 Å². The van der Waals surface area contributed by atoms with E-state index in [1.54, 1.807) is 126 Å². The van der Waals surface area contributed by atoms with E-state index in [1.165, 1.54) is 23.1 Å². The maximum Gasteiger partial charge on any atom is 0.303 e. The number of unbranched alkanes of at least 4 members (excludes halogenated alkanes) is 8. The van der Waals surface area contributed by atoms with Gasteiger partial charge in [0, 0.05) is 120 Å². The molecule has 134 heavy (non-hydrogen) atoms. The fraction of sp³-hybridized carbons (Fsp3) is 0.339. The number of ether oxygens (including phenoxy) is 4. The zero-order valence-electron chi connectivity index (χ0n) is 80.4. The minimum Gasteiger partial charge on any atom is -0.493 e. The topological polar surface area (TPSA) is 320 Å². The Kier molecular flexibility index (Phi) is 36.7. The average Bonchev–Trinajstić information content (AvgIpc) is 1.60. The highest BCUT2D eigenvalue weighted by molar-refractivity contribution is 5.98. The second-order valence-corrected chi connectivity index (χ2v) is 33.0. The second kappa shape index (κ2) is 52.1. The molecule has 0 bridgehead atoms. The number of nitrogens with zero attached hydrogens (tertiary/aromatic N) is 4. The molecule has 4 amide bonds. The van der Waals surface area contributed by atoms with Crippen LogP contribution < -0.4 is 18.9 Å². The lowest BCUT2D eigenvalue weighted by Gasteiger charge is -2.28. The van der Waals surface area contributed by atoms with E-state index in [-0.39, 0.29) is 67.0 Å². The summed E-state index contributed by atoms with van der Waals surface area (Å²) in [7, 11) is 0. The molecule has 25 heteroatoms. The van der Waals surface area contributed by atoms with Gasteiger partial charge in [0.2, 0.25) is 0 Å². The molecule has 4 unspecified atom stereocenters. The molecule has 0 radical (unpaired) electrons. The first kappa shape index (κ1) is 94.4. The van der Waals surface area contributed by atoms with E-state index in [2.05, 4.69) is 0 Å². The molecule has 24 nitrogen and oxygen atoms in total. The summed E-state index contributed by atoms with van der Waals surface area (Å²) in [5.74, 6) is 0.200. The molecule has 2 saturated heterocycles. The van der Waals surface area contributed by atoms with Crippen molar-refractivity contribution in [3.05, 3.63) is 311 Å². The zero-order chi connectivity index (χ0) is 98.7. The minimum absolute atomic E-state index is 0.102. The van der Waals surface area contributed by atoms with Crippen LogP contribution in [0, 0.1) is 12.7 Å². The number of aliphatic carboxylic acids is 4. The van der Waals surface area contributed by atoms with Crippen LogP contribution in [0.3, 0.4) is 0 Å². The van der Waals surface area contributed by atoms with E-state index in [4.69, 9.17) is 59.8 Å². The van der Waals surface area contributed by atoms with Crippen LogP contribution in [0.25, 0.3) is 45.3 Å². The average molecular weight is 1830 g/mol. The second-order valence-electron chi connectivity index (χ2n) is 33.0. The molecule has 4 atom stereocenters. The van der Waals surface area contributed by atoms with Crippen molar-refractivity contribution in [2.24, 2.45) is 0 Å². The van der Waals surface area contributed by atoms with Gasteiger partial charge in [-0.05, 0) is 270 Å². The van der Waals surface area contributed by atoms with Crippen molar-refractivity contribution in [2.45, 2.75) is 200 Å². The Bertz CT molecular complexity index is 5710. The Hall–Kier alpha value is -14.2. The monoisotopic (exact) mass is 1830 g/mol. The van der Waals surface area contributed by atoms with Gasteiger partial charge in [-0.3, -0.25) is 38.4 Å². The Morgan fingerprint density at radius 2 is 0.754 bits per heavy atom. The third kappa shape index (κ3) is 30.4. The van der Waals surface area contributed by atoms with Crippen molar-refractivity contribution in [2.75, 3.05) is 39.5 Å². The van der Waals surface area contributed by atoms with E-state index in [1.807, 2.05) is 160 Å². The van der Waals surface area contributed by atoms with E-state index < -0.39 is 54.8 Å². The number of hydrogen-bond donors (Lipinski definition) is 4. The number of carboxylic acids is 4. The van der Waals surface area contributed by atoms with Crippen LogP contribution in [0.2, 0.25) is 0 Å². The Morgan fingerprint density at radius 1 is 0.396 bits per heavy atom. The molecule has 704 valence electrons. The zero-order valence-corrected chi connectivity index (χ0v) is 76.4. The lowest BCUT2D eigenvalue weighted by atomic mass is 10.0. The summed E-state index contributed by atoms with van der Waals surface area (Å²) in [4.78, 5) is 103. The largest absolute Gasteiger partial charge is 0.493 e. The quantitative estimate of drug-likeness (QED) is 0.0258. The maximum absolute atomic E-state index is 14.1. The van der Waals surface area contributed by atoms with Crippen molar-refractivity contribution < 1.29 is 105 Å². The Labute approximate surface area is 787 Å². The summed E-state index contributed by atoms with van der Waals surface area (Å²) in [6.45, 7) is 9.79. The number of amides is 4. The summed E-state index contributed by atoms with van der Waals surface area (Å²) in [5, 5.41) is 35.0. The summed E-state index contributed by atoms with van der Waals surface area (Å²) >= 11 is 0. The van der Waals surface area contributed by atoms with Gasteiger partial charge in [0.1, 0.15) is 51.9 Å². The predicted octanol–water partition coefficient (Wildman–Crippen LogP) is 24.4. The third-order valence-corrected chi connectivity index (χ3v) is 22.3. The number of carbonyl (C=O) groups excluding carboxylic acids is 4. The molecule has 0 aliphatic carbocycles. The van der Waals surface area contributed by atoms with Gasteiger partial charge in [-0.1, -0.05) is 109 Å². The summed E-state index contributed by atoms with van der Waals surface area (Å²) in [5.41, 5.74) is 8.71. The number of rotatable bonds is 44. The van der Waals surface area contributed by atoms with Gasteiger partial charge in [0.25, 0.3) is 23.6 Å². The molecule has 0 spiro atoms. The highest BCUT2D eigenvalue weighted by atomic mass is 19.1. The van der Waals surface area contributed by atoms with Crippen molar-refractivity contribution in [1.82, 2.24) is 19.6 Å². The first-order valence-corrected chi connectivity index (χ1v) is 45.7. The molecule has 4 aromatic heterocycles. The number of furan rings is 4. The van der Waals surface area contributed by atoms with Crippen molar-refractivity contribution >= 4 is 47.5 Å². The van der Waals surface area contributed by atoms with Crippen LogP contribution in [-0.2, 0) is 32.2 Å². The van der Waals surface area contributed by atoms with Crippen LogP contribution in [0.4, 0.5) is 4.39 Å². The van der Waals surface area contributed by atoms with Gasteiger partial charge in [-0.15, -0.1) is 0 Å². The molecule has 2 fully saturated rings. The highest BCUT2D eigenvalue weighted by Gasteiger charge is 2.35. The summed E-state index contributed by atoms with van der Waals surface area (Å²) in [6.07, 6.45) is 17.7. The van der Waals surface area contributed by atoms with Crippen molar-refractivity contribution in [3.63, 3.8) is 0 Å². The Balaban J connectivity index is 0.000000176. The smallest absolute Gasteiger partial charge is 0.303 e. The molecule has 14 rings (SSSR count). The third-order valence-electron chi connectivity index (χ3n) is 22.3. The SMILES string of the molecule is [2H]C(c1cc(C)ccc1OCCCCCC(=O)O)N(C(=O)c1ccc(-c2ccco2)cc1)C(C)C.[2H]C(c1cc(F)ccc1OCCCCCC(=O)O)N(C(=O)c1ccc(-c2ccco2)cc1)C(C)C.[2H]C1(c2ccc(-c3ccco3)cc2)CCCN1C(=O)c1ccccc1OCCCCCC(=O)O.[2H]C1(c2ccccc2OCCCCCC(=O)O)CCCN1C(=O)c1ccc(-c2ccco2)cc1. The van der Waals surface area contributed by atoms with Crippen LogP contribution in [0.15, 0.2) is 273 Å². The number of aryl methyl sites for hydroxylation is 1. The number of para-hydroxylation sites is 2. The van der Waals surface area contributed by atoms with E-state index in [0.29, 0.717) is 159 Å². The number of carbonyl (C=O) groups is 8. The van der Waals surface area contributed by atoms with Crippen LogP contribution in [0.5, 0.6) is 23.0 Å². The van der Waals surface area contributed by atoms with Crippen LogP contribution >= 0.6 is 0 Å². The fourth-order valence-corrected chi connectivity index (χ4v) is 15.3. The lowest BCUT2D eigenvalue weighted by molar-refractivity contribution is -0.138. The molecule has 6 heterocycles. The molecule has 12 aromatic rings. The number of carboxylic acid groups (broad SMARTS) is 4. The van der Waals surface area contributed by atoms with Gasteiger partial charge in [0.15, 0.2) is 0 Å². The van der Waals surface area contributed by atoms with Gasteiger partial charge in [-0.25, -0.2) is 4.39 Å². The fourth-order valence-electron chi connectivity index (χ4n) is 15.3. The number of halogens is 1. The molecular formula is C109H121FN4O20. The van der Waals surface area contributed by atoms with Crippen LogP contribution in [0.1, 0.15) is 243 Å². The van der Waals surface area contributed by atoms with E-state index in [0.717, 1.165) is 95.6 Å². The van der Waals surface area contributed by atoms with Gasteiger partial charge < -0.3 is 76.6 Å². The van der Waals surface area contributed by atoms with Gasteiger partial charge in [-0.2, -0.15) is 0 Å². The predicted molar refractivity (Wildman–Crippen MR) is 509 cm³/mol. The first-order chi connectivity index (χ1) is 66.5. The van der Waals surface area contributed by atoms with Crippen molar-refractivity contribution in [1.29, 1.82) is 0 Å². The first-order valence-electron chi connectivity index (χ1n) is 47.9. The molecule has 8 aromatic carbocycles. The normalized spacial score (nSPS) is 15.2. The number of benzene rings is 8. The van der Waals surface area contributed by atoms with Gasteiger partial charge >= 0.3 is 23.9 Å². The number of hydrogen-bond acceptors (Lipinski definition) is 16. The number of likely N-dealkylation sites (tertiary alicyclic amines) is 2. The van der Waals surface area contributed by atoms with E-state index >= 15 is 0 Å². The molecule has 0 saturated carbocycles.